The summed E-state index contributed by atoms with van der Waals surface area (Å²) in [7, 11) is 0. The minimum absolute atomic E-state index is 0.523. The molecule has 0 saturated heterocycles. The van der Waals surface area contributed by atoms with Gasteiger partial charge in [-0.3, -0.25) is 0 Å². The summed E-state index contributed by atoms with van der Waals surface area (Å²) in [5.74, 6) is 1.99. The number of unbranched alkanes of at least 4 members (excludes halogenated alkanes) is 4. The zero-order valence-electron chi connectivity index (χ0n) is 19.9. The first-order valence-corrected chi connectivity index (χ1v) is 12.4. The summed E-state index contributed by atoms with van der Waals surface area (Å²) >= 11 is 0. The van der Waals surface area contributed by atoms with Crippen molar-refractivity contribution in [3.8, 4) is 0 Å². The lowest BCUT2D eigenvalue weighted by atomic mass is 9.96. The summed E-state index contributed by atoms with van der Waals surface area (Å²) in [4.78, 5) is 0. The highest BCUT2D eigenvalue weighted by Gasteiger charge is 2.24. The molecule has 2 nitrogen and oxygen atoms in total. The van der Waals surface area contributed by atoms with Crippen LogP contribution in [0.3, 0.4) is 0 Å². The summed E-state index contributed by atoms with van der Waals surface area (Å²) in [6, 6.07) is 22.0. The predicted octanol–water partition coefficient (Wildman–Crippen LogP) is 7.09. The van der Waals surface area contributed by atoms with E-state index in [9.17, 15) is 0 Å². The van der Waals surface area contributed by atoms with Gasteiger partial charge in [0, 0.05) is 6.42 Å². The Hall–Kier alpha value is -2.35. The number of benzene rings is 2. The van der Waals surface area contributed by atoms with E-state index < -0.39 is 0 Å². The van der Waals surface area contributed by atoms with Crippen LogP contribution in [0.15, 0.2) is 66.9 Å². The van der Waals surface area contributed by atoms with Crippen LogP contribution < -0.4 is 4.57 Å². The molecule has 3 rings (SSSR count). The number of imidazole rings is 1. The minimum Gasteiger partial charge on any atom is -0.234 e. The van der Waals surface area contributed by atoms with Crippen molar-refractivity contribution in [3.05, 3.63) is 89.5 Å². The molecule has 0 spiro atoms. The second-order valence-corrected chi connectivity index (χ2v) is 8.97. The van der Waals surface area contributed by atoms with E-state index in [0.29, 0.717) is 5.92 Å². The van der Waals surface area contributed by atoms with Gasteiger partial charge in [0.1, 0.15) is 11.9 Å². The molecule has 1 heterocycles. The summed E-state index contributed by atoms with van der Waals surface area (Å²) in [6.07, 6.45) is 12.3. The van der Waals surface area contributed by atoms with Crippen molar-refractivity contribution in [2.75, 3.05) is 0 Å². The molecule has 1 atom stereocenters. The van der Waals surface area contributed by atoms with Gasteiger partial charge in [0.05, 0.1) is 19.5 Å². The van der Waals surface area contributed by atoms with E-state index in [1.165, 1.54) is 61.2 Å². The molecule has 1 aromatic heterocycles. The Balaban J connectivity index is 1.88. The minimum atomic E-state index is 0.523. The second-order valence-electron chi connectivity index (χ2n) is 8.97. The molecule has 0 N–H and O–H groups in total. The van der Waals surface area contributed by atoms with Crippen molar-refractivity contribution in [1.82, 2.24) is 4.57 Å². The Bertz CT molecular complexity index is 880. The van der Waals surface area contributed by atoms with E-state index in [1.807, 2.05) is 0 Å². The van der Waals surface area contributed by atoms with Crippen molar-refractivity contribution >= 4 is 0 Å². The number of hydrogen-bond donors (Lipinski definition) is 0. The summed E-state index contributed by atoms with van der Waals surface area (Å²) < 4.78 is 5.19. The fourth-order valence-electron chi connectivity index (χ4n) is 4.58. The number of nitrogens with zero attached hydrogens (tertiary/aromatic N) is 2. The van der Waals surface area contributed by atoms with Crippen molar-refractivity contribution in [2.24, 2.45) is 0 Å². The molecule has 31 heavy (non-hydrogen) atoms. The maximum absolute atomic E-state index is 2.66. The quantitative estimate of drug-likeness (QED) is 0.207. The summed E-state index contributed by atoms with van der Waals surface area (Å²) in [5.41, 5.74) is 4.33. The highest BCUT2D eigenvalue weighted by Crippen LogP contribution is 2.21. The van der Waals surface area contributed by atoms with Gasteiger partial charge in [0.15, 0.2) is 0 Å². The van der Waals surface area contributed by atoms with Crippen molar-refractivity contribution in [3.63, 3.8) is 0 Å². The molecule has 0 fully saturated rings. The molecule has 2 aromatic carbocycles. The monoisotopic (exact) mass is 417 g/mol. The molecule has 0 amide bonds. The molecule has 166 valence electrons. The van der Waals surface area contributed by atoms with Crippen LogP contribution in [0.1, 0.15) is 87.9 Å². The van der Waals surface area contributed by atoms with Crippen LogP contribution in [-0.2, 0) is 25.9 Å². The van der Waals surface area contributed by atoms with Crippen LogP contribution in [0.5, 0.6) is 0 Å². The number of aromatic nitrogens is 2. The van der Waals surface area contributed by atoms with E-state index in [2.05, 4.69) is 96.8 Å². The molecule has 1 unspecified atom stereocenters. The highest BCUT2D eigenvalue weighted by atomic mass is 15.2. The highest BCUT2D eigenvalue weighted by molar-refractivity contribution is 5.21. The van der Waals surface area contributed by atoms with Gasteiger partial charge in [0.25, 0.3) is 5.82 Å². The van der Waals surface area contributed by atoms with Crippen molar-refractivity contribution in [2.45, 2.75) is 91.1 Å². The molecule has 3 aromatic rings. The van der Waals surface area contributed by atoms with Gasteiger partial charge in [0.2, 0.25) is 0 Å². The average Bonchev–Trinajstić information content (AvgIpc) is 3.11. The average molecular weight is 418 g/mol. The predicted molar refractivity (Wildman–Crippen MR) is 131 cm³/mol. The zero-order chi connectivity index (χ0) is 21.9. The van der Waals surface area contributed by atoms with Gasteiger partial charge < -0.3 is 0 Å². The molecule has 0 saturated carbocycles. The SMILES string of the molecule is CCCCCCC[n+]1c(CC(C)c2ccccc2)cn(CCC)c1Cc1ccccc1. The summed E-state index contributed by atoms with van der Waals surface area (Å²) in [5, 5.41) is 0. The van der Waals surface area contributed by atoms with E-state index in [1.54, 1.807) is 0 Å². The number of rotatable bonds is 13. The lowest BCUT2D eigenvalue weighted by Crippen LogP contribution is -2.41. The zero-order valence-corrected chi connectivity index (χ0v) is 19.9. The van der Waals surface area contributed by atoms with Crippen LogP contribution in [0.4, 0.5) is 0 Å². The molecular weight excluding hydrogens is 376 g/mol. The third kappa shape index (κ3) is 6.82. The third-order valence-electron chi connectivity index (χ3n) is 6.33. The Morgan fingerprint density at radius 2 is 1.48 bits per heavy atom. The molecular formula is C29H41N2+. The van der Waals surface area contributed by atoms with Crippen LogP contribution in [0.25, 0.3) is 0 Å². The fraction of sp³-hybridized carbons (Fsp3) is 0.483. The smallest absolute Gasteiger partial charge is 0.234 e. The molecule has 0 bridgehead atoms. The lowest BCUT2D eigenvalue weighted by molar-refractivity contribution is -0.710. The van der Waals surface area contributed by atoms with Crippen LogP contribution in [0, 0.1) is 0 Å². The summed E-state index contributed by atoms with van der Waals surface area (Å²) in [6.45, 7) is 9.18. The number of aryl methyl sites for hydroxylation is 1. The van der Waals surface area contributed by atoms with Gasteiger partial charge in [-0.25, -0.2) is 9.13 Å². The Labute approximate surface area is 190 Å². The standard InChI is InChI=1S/C29H41N2/c1-4-6-7-8-15-21-31-28(22-25(3)27-18-13-10-14-19-27)24-30(20-5-2)29(31)23-26-16-11-9-12-17-26/h9-14,16-19,24-25H,4-8,15,20-23H2,1-3H3/q+1. The van der Waals surface area contributed by atoms with Crippen molar-refractivity contribution < 1.29 is 4.57 Å². The van der Waals surface area contributed by atoms with Gasteiger partial charge in [-0.05, 0) is 36.3 Å². The molecule has 0 radical (unpaired) electrons. The lowest BCUT2D eigenvalue weighted by Gasteiger charge is -2.12. The second kappa shape index (κ2) is 12.5. The third-order valence-corrected chi connectivity index (χ3v) is 6.33. The van der Waals surface area contributed by atoms with E-state index in [-0.39, 0.29) is 0 Å². The first-order valence-electron chi connectivity index (χ1n) is 12.4. The van der Waals surface area contributed by atoms with Crippen molar-refractivity contribution in [1.29, 1.82) is 0 Å². The van der Waals surface area contributed by atoms with Gasteiger partial charge in [-0.1, -0.05) is 101 Å². The molecule has 2 heteroatoms. The number of hydrogen-bond acceptors (Lipinski definition) is 0. The van der Waals surface area contributed by atoms with Gasteiger partial charge in [-0.15, -0.1) is 0 Å². The van der Waals surface area contributed by atoms with E-state index in [0.717, 1.165) is 25.9 Å². The van der Waals surface area contributed by atoms with E-state index in [4.69, 9.17) is 0 Å². The van der Waals surface area contributed by atoms with Crippen LogP contribution >= 0.6 is 0 Å². The Morgan fingerprint density at radius 1 is 0.806 bits per heavy atom. The maximum atomic E-state index is 2.66. The van der Waals surface area contributed by atoms with Crippen LogP contribution in [0.2, 0.25) is 0 Å². The largest absolute Gasteiger partial charge is 0.261 e. The first-order chi connectivity index (χ1) is 15.2. The Kier molecular flexibility index (Phi) is 9.39. The first kappa shape index (κ1) is 23.3. The Morgan fingerprint density at radius 3 is 2.16 bits per heavy atom. The fourth-order valence-corrected chi connectivity index (χ4v) is 4.58. The maximum Gasteiger partial charge on any atom is 0.261 e. The molecule has 0 aliphatic rings. The van der Waals surface area contributed by atoms with E-state index >= 15 is 0 Å². The topological polar surface area (TPSA) is 8.81 Å². The normalized spacial score (nSPS) is 12.2. The molecule has 0 aliphatic heterocycles. The van der Waals surface area contributed by atoms with Crippen LogP contribution in [-0.4, -0.2) is 4.57 Å². The van der Waals surface area contributed by atoms with Gasteiger partial charge >= 0.3 is 0 Å². The molecule has 0 aliphatic carbocycles. The van der Waals surface area contributed by atoms with Gasteiger partial charge in [-0.2, -0.15) is 0 Å².